The van der Waals surface area contributed by atoms with E-state index >= 15 is 0 Å². The Labute approximate surface area is 175 Å². The zero-order valence-corrected chi connectivity index (χ0v) is 16.8. The van der Waals surface area contributed by atoms with Crippen LogP contribution in [0.3, 0.4) is 0 Å². The molecule has 0 spiro atoms. The van der Waals surface area contributed by atoms with Gasteiger partial charge in [0.1, 0.15) is 30.8 Å². The maximum atomic E-state index is 11.7. The van der Waals surface area contributed by atoms with E-state index in [9.17, 15) is 15.0 Å². The highest BCUT2D eigenvalue weighted by Gasteiger charge is 2.42. The van der Waals surface area contributed by atoms with E-state index in [-0.39, 0.29) is 26.2 Å². The molecule has 0 bridgehead atoms. The van der Waals surface area contributed by atoms with Crippen molar-refractivity contribution in [2.45, 2.75) is 37.4 Å². The summed E-state index contributed by atoms with van der Waals surface area (Å²) in [5.41, 5.74) is 0.600. The van der Waals surface area contributed by atoms with E-state index in [1.54, 1.807) is 24.3 Å². The minimum atomic E-state index is -1.17. The number of hydrogen-bond acceptors (Lipinski definition) is 6. The monoisotopic (exact) mass is 416 g/mol. The van der Waals surface area contributed by atoms with Crippen LogP contribution in [0.1, 0.15) is 24.0 Å². The minimum absolute atomic E-state index is 0.0420. The molecule has 1 aliphatic rings. The Balaban J connectivity index is 1.50. The lowest BCUT2D eigenvalue weighted by Crippen LogP contribution is -2.40. The van der Waals surface area contributed by atoms with Crippen molar-refractivity contribution in [3.63, 3.8) is 0 Å². The highest BCUT2D eigenvalue weighted by atomic mass is 16.5. The van der Waals surface area contributed by atoms with Crippen LogP contribution in [0.4, 0.5) is 0 Å². The van der Waals surface area contributed by atoms with Crippen molar-refractivity contribution in [2.24, 2.45) is 0 Å². The SMILES string of the molecule is O=C(O)C1(Cc2cccc(OC[C@H](O)COc3cccc(CCO)c3)c2)CCCO1. The van der Waals surface area contributed by atoms with Crippen molar-refractivity contribution in [1.82, 2.24) is 0 Å². The fourth-order valence-corrected chi connectivity index (χ4v) is 3.51. The Morgan fingerprint density at radius 1 is 1.07 bits per heavy atom. The lowest BCUT2D eigenvalue weighted by molar-refractivity contribution is -0.159. The molecule has 1 fully saturated rings. The van der Waals surface area contributed by atoms with Gasteiger partial charge >= 0.3 is 5.97 Å². The normalized spacial score (nSPS) is 19.4. The maximum Gasteiger partial charge on any atom is 0.336 e. The van der Waals surface area contributed by atoms with Gasteiger partial charge in [0.05, 0.1) is 0 Å². The number of carboxylic acids is 1. The highest BCUT2D eigenvalue weighted by molar-refractivity contribution is 5.78. The van der Waals surface area contributed by atoms with Gasteiger partial charge in [0.2, 0.25) is 0 Å². The first-order valence-electron chi connectivity index (χ1n) is 10.1. The van der Waals surface area contributed by atoms with Crippen molar-refractivity contribution in [2.75, 3.05) is 26.4 Å². The number of hydrogen-bond donors (Lipinski definition) is 3. The van der Waals surface area contributed by atoms with Crippen molar-refractivity contribution < 1.29 is 34.3 Å². The summed E-state index contributed by atoms with van der Waals surface area (Å²) in [4.78, 5) is 11.7. The molecule has 1 heterocycles. The number of carboxylic acid groups (broad SMARTS) is 1. The van der Waals surface area contributed by atoms with Gasteiger partial charge in [-0.2, -0.15) is 0 Å². The average molecular weight is 416 g/mol. The Bertz CT molecular complexity index is 830. The summed E-state index contributed by atoms with van der Waals surface area (Å²) in [5.74, 6) is 0.231. The second kappa shape index (κ2) is 10.4. The van der Waals surface area contributed by atoms with Gasteiger partial charge in [-0.25, -0.2) is 4.79 Å². The quantitative estimate of drug-likeness (QED) is 0.516. The summed E-state index contributed by atoms with van der Waals surface area (Å²) >= 11 is 0. The second-order valence-electron chi connectivity index (χ2n) is 7.47. The number of aliphatic hydroxyl groups is 2. The van der Waals surface area contributed by atoms with Crippen molar-refractivity contribution >= 4 is 5.97 Å². The molecule has 1 unspecified atom stereocenters. The summed E-state index contributed by atoms with van der Waals surface area (Å²) in [5, 5.41) is 28.7. The number of aliphatic carboxylic acids is 1. The first-order valence-corrected chi connectivity index (χ1v) is 10.1. The van der Waals surface area contributed by atoms with Gasteiger partial charge in [0.15, 0.2) is 5.60 Å². The van der Waals surface area contributed by atoms with Crippen LogP contribution in [-0.4, -0.2) is 59.4 Å². The summed E-state index contributed by atoms with van der Waals surface area (Å²) < 4.78 is 16.8. The standard InChI is InChI=1S/C23H28O7/c24-10-8-17-4-1-6-20(12-17)28-15-19(25)16-29-21-7-2-5-18(13-21)14-23(22(26)27)9-3-11-30-23/h1-2,4-7,12-13,19,24-25H,3,8-11,14-16H2,(H,26,27)/t19-,23?/m1/s1. The van der Waals surface area contributed by atoms with Crippen LogP contribution in [0.15, 0.2) is 48.5 Å². The lowest BCUT2D eigenvalue weighted by Gasteiger charge is -2.23. The zero-order valence-electron chi connectivity index (χ0n) is 16.8. The van der Waals surface area contributed by atoms with Gasteiger partial charge in [-0.1, -0.05) is 24.3 Å². The summed E-state index contributed by atoms with van der Waals surface area (Å²) in [6, 6.07) is 14.5. The fraction of sp³-hybridized carbons (Fsp3) is 0.435. The summed E-state index contributed by atoms with van der Waals surface area (Å²) in [6.07, 6.45) is 1.21. The molecule has 0 radical (unpaired) electrons. The van der Waals surface area contributed by atoms with Gasteiger partial charge in [-0.05, 0) is 54.7 Å². The molecule has 0 saturated carbocycles. The van der Waals surface area contributed by atoms with Gasteiger partial charge in [0.25, 0.3) is 0 Å². The molecule has 2 aromatic rings. The lowest BCUT2D eigenvalue weighted by atomic mass is 9.91. The third-order valence-electron chi connectivity index (χ3n) is 5.06. The number of aliphatic hydroxyl groups excluding tert-OH is 2. The van der Waals surface area contributed by atoms with Crippen LogP contribution in [0.25, 0.3) is 0 Å². The van der Waals surface area contributed by atoms with Crippen LogP contribution in [0.2, 0.25) is 0 Å². The van der Waals surface area contributed by atoms with E-state index < -0.39 is 17.7 Å². The molecular formula is C23H28O7. The van der Waals surface area contributed by atoms with Crippen molar-refractivity contribution in [3.05, 3.63) is 59.7 Å². The number of benzene rings is 2. The summed E-state index contributed by atoms with van der Waals surface area (Å²) in [6.45, 7) is 0.634. The van der Waals surface area contributed by atoms with Gasteiger partial charge in [-0.3, -0.25) is 0 Å². The zero-order chi connectivity index (χ0) is 21.4. The molecule has 2 atom stereocenters. The summed E-state index contributed by atoms with van der Waals surface area (Å²) in [7, 11) is 0. The molecule has 162 valence electrons. The molecule has 3 rings (SSSR count). The first kappa shape index (κ1) is 22.1. The van der Waals surface area contributed by atoms with Gasteiger partial charge in [0, 0.05) is 19.6 Å². The molecule has 3 N–H and O–H groups in total. The average Bonchev–Trinajstić information content (AvgIpc) is 3.21. The Morgan fingerprint density at radius 3 is 2.27 bits per heavy atom. The van der Waals surface area contributed by atoms with Crippen LogP contribution in [0.5, 0.6) is 11.5 Å². The molecule has 0 amide bonds. The fourth-order valence-electron chi connectivity index (χ4n) is 3.51. The van der Waals surface area contributed by atoms with E-state index in [1.807, 2.05) is 24.3 Å². The van der Waals surface area contributed by atoms with E-state index in [0.717, 1.165) is 17.5 Å². The van der Waals surface area contributed by atoms with E-state index in [4.69, 9.17) is 19.3 Å². The van der Waals surface area contributed by atoms with Crippen molar-refractivity contribution in [3.8, 4) is 11.5 Å². The maximum absolute atomic E-state index is 11.7. The molecule has 0 aromatic heterocycles. The molecular weight excluding hydrogens is 388 g/mol. The molecule has 7 heteroatoms. The molecule has 0 aliphatic carbocycles. The Morgan fingerprint density at radius 2 is 1.70 bits per heavy atom. The Kier molecular flexibility index (Phi) is 7.68. The smallest absolute Gasteiger partial charge is 0.336 e. The van der Waals surface area contributed by atoms with E-state index in [2.05, 4.69) is 0 Å². The first-order chi connectivity index (χ1) is 14.5. The third-order valence-corrected chi connectivity index (χ3v) is 5.06. The largest absolute Gasteiger partial charge is 0.491 e. The number of ether oxygens (including phenoxy) is 3. The molecule has 30 heavy (non-hydrogen) atoms. The number of carbonyl (C=O) groups is 1. The third kappa shape index (κ3) is 5.95. The molecule has 7 nitrogen and oxygen atoms in total. The van der Waals surface area contributed by atoms with Gasteiger partial charge in [-0.15, -0.1) is 0 Å². The van der Waals surface area contributed by atoms with Crippen LogP contribution >= 0.6 is 0 Å². The van der Waals surface area contributed by atoms with E-state index in [1.165, 1.54) is 0 Å². The predicted molar refractivity (Wildman–Crippen MR) is 110 cm³/mol. The van der Waals surface area contributed by atoms with Crippen LogP contribution in [0, 0.1) is 0 Å². The second-order valence-corrected chi connectivity index (χ2v) is 7.47. The molecule has 2 aromatic carbocycles. The van der Waals surface area contributed by atoms with Crippen LogP contribution < -0.4 is 9.47 Å². The minimum Gasteiger partial charge on any atom is -0.491 e. The molecule has 1 aliphatic heterocycles. The van der Waals surface area contributed by atoms with Crippen molar-refractivity contribution in [1.29, 1.82) is 0 Å². The topological polar surface area (TPSA) is 105 Å². The molecule has 1 saturated heterocycles. The number of rotatable bonds is 11. The predicted octanol–water partition coefficient (Wildman–Crippen LogP) is 2.22. The highest BCUT2D eigenvalue weighted by Crippen LogP contribution is 2.31. The van der Waals surface area contributed by atoms with Gasteiger partial charge < -0.3 is 29.5 Å². The van der Waals surface area contributed by atoms with E-state index in [0.29, 0.717) is 30.9 Å². The Hall–Kier alpha value is -2.61. The van der Waals surface area contributed by atoms with Crippen LogP contribution in [-0.2, 0) is 22.4 Å².